The van der Waals surface area contributed by atoms with Gasteiger partial charge in [-0.1, -0.05) is 11.8 Å². The van der Waals surface area contributed by atoms with Crippen LogP contribution in [-0.2, 0) is 0 Å². The lowest BCUT2D eigenvalue weighted by atomic mass is 10.3. The molecule has 1 aromatic carbocycles. The first kappa shape index (κ1) is 12.9. The summed E-state index contributed by atoms with van der Waals surface area (Å²) in [4.78, 5) is 4.29. The number of methoxy groups -OCH3 is 1. The number of rotatable bonds is 2. The van der Waals surface area contributed by atoms with Crippen LogP contribution >= 0.6 is 27.7 Å². The highest BCUT2D eigenvalue weighted by molar-refractivity contribution is 9.10. The van der Waals surface area contributed by atoms with Gasteiger partial charge < -0.3 is 4.74 Å². The van der Waals surface area contributed by atoms with Crippen LogP contribution in [0.5, 0.6) is 5.75 Å². The fourth-order valence-electron chi connectivity index (χ4n) is 0.987. The van der Waals surface area contributed by atoms with Gasteiger partial charge in [-0.05, 0) is 40.4 Å². The zero-order chi connectivity index (χ0) is 12.0. The highest BCUT2D eigenvalue weighted by Crippen LogP contribution is 2.29. The molecule has 6 heteroatoms. The van der Waals surface area contributed by atoms with E-state index >= 15 is 0 Å². The first-order chi connectivity index (χ1) is 7.71. The highest BCUT2D eigenvalue weighted by atomic mass is 79.9. The zero-order valence-electron chi connectivity index (χ0n) is 8.82. The number of benzene rings is 1. The standard InChI is InChI=1S/C10H10BrN3OS/c1-15-7-3-4-9(8(11)5-7)14-10(16-2)13-6-12/h3-5H,1-2H3,(H,13,14). The number of thioether (sulfide) groups is 1. The van der Waals surface area contributed by atoms with Crippen molar-refractivity contribution in [3.05, 3.63) is 22.7 Å². The number of nitrogens with zero attached hydrogens (tertiary/aromatic N) is 2. The molecule has 0 aliphatic rings. The van der Waals surface area contributed by atoms with Crippen molar-refractivity contribution in [2.24, 2.45) is 4.99 Å². The van der Waals surface area contributed by atoms with Crippen LogP contribution in [0.25, 0.3) is 0 Å². The molecule has 1 N–H and O–H groups in total. The van der Waals surface area contributed by atoms with Crippen LogP contribution in [0.1, 0.15) is 0 Å². The molecule has 0 saturated heterocycles. The third kappa shape index (κ3) is 3.43. The molecular weight excluding hydrogens is 290 g/mol. The second-order valence-corrected chi connectivity index (χ2v) is 4.32. The van der Waals surface area contributed by atoms with Gasteiger partial charge in [0.25, 0.3) is 0 Å². The maximum absolute atomic E-state index is 8.51. The van der Waals surface area contributed by atoms with Crippen LogP contribution in [0.4, 0.5) is 5.69 Å². The van der Waals surface area contributed by atoms with E-state index in [0.29, 0.717) is 5.17 Å². The largest absolute Gasteiger partial charge is 0.497 e. The van der Waals surface area contributed by atoms with Crippen LogP contribution in [0.2, 0.25) is 0 Å². The van der Waals surface area contributed by atoms with E-state index in [0.717, 1.165) is 15.9 Å². The predicted molar refractivity (Wildman–Crippen MR) is 70.1 cm³/mol. The molecule has 16 heavy (non-hydrogen) atoms. The SMILES string of the molecule is COc1ccc(N=C(NC#N)SC)c(Br)c1. The molecule has 0 atom stereocenters. The van der Waals surface area contributed by atoms with Crippen molar-refractivity contribution in [3.8, 4) is 11.9 Å². The smallest absolute Gasteiger partial charge is 0.183 e. The molecule has 0 spiro atoms. The number of hydrogen-bond acceptors (Lipinski definition) is 4. The number of amidine groups is 1. The van der Waals surface area contributed by atoms with E-state index in [-0.39, 0.29) is 0 Å². The molecule has 0 heterocycles. The van der Waals surface area contributed by atoms with Crippen LogP contribution < -0.4 is 10.1 Å². The number of halogens is 1. The Bertz CT molecular complexity index is 442. The minimum atomic E-state index is 0.549. The van der Waals surface area contributed by atoms with Gasteiger partial charge in [-0.25, -0.2) is 4.99 Å². The average molecular weight is 300 g/mol. The quantitative estimate of drug-likeness (QED) is 0.395. The van der Waals surface area contributed by atoms with Crippen molar-refractivity contribution in [3.63, 3.8) is 0 Å². The Kier molecular flexibility index (Phi) is 5.15. The Hall–Kier alpha value is -1.19. The van der Waals surface area contributed by atoms with Crippen LogP contribution in [0.3, 0.4) is 0 Å². The molecular formula is C10H10BrN3OS. The summed E-state index contributed by atoms with van der Waals surface area (Å²) in [7, 11) is 1.61. The van der Waals surface area contributed by atoms with Crippen molar-refractivity contribution >= 4 is 38.5 Å². The van der Waals surface area contributed by atoms with Gasteiger partial charge >= 0.3 is 0 Å². The normalized spacial score (nSPS) is 10.8. The molecule has 0 aliphatic heterocycles. The van der Waals surface area contributed by atoms with E-state index in [1.807, 2.05) is 30.6 Å². The van der Waals surface area contributed by atoms with Crippen molar-refractivity contribution in [2.75, 3.05) is 13.4 Å². The number of ether oxygens (including phenoxy) is 1. The molecule has 1 rings (SSSR count). The molecule has 0 saturated carbocycles. The Morgan fingerprint density at radius 3 is 2.88 bits per heavy atom. The lowest BCUT2D eigenvalue weighted by Gasteiger charge is -2.04. The third-order valence-electron chi connectivity index (χ3n) is 1.73. The maximum Gasteiger partial charge on any atom is 0.183 e. The molecule has 4 nitrogen and oxygen atoms in total. The Morgan fingerprint density at radius 1 is 1.62 bits per heavy atom. The lowest BCUT2D eigenvalue weighted by Crippen LogP contribution is -2.12. The number of nitrogens with one attached hydrogen (secondary N) is 1. The van der Waals surface area contributed by atoms with Crippen molar-refractivity contribution in [2.45, 2.75) is 0 Å². The van der Waals surface area contributed by atoms with Gasteiger partial charge in [0.05, 0.1) is 12.8 Å². The minimum absolute atomic E-state index is 0.549. The van der Waals surface area contributed by atoms with Crippen LogP contribution in [0.15, 0.2) is 27.7 Å². The van der Waals surface area contributed by atoms with Crippen molar-refractivity contribution in [1.29, 1.82) is 5.26 Å². The zero-order valence-corrected chi connectivity index (χ0v) is 11.2. The average Bonchev–Trinajstić information content (AvgIpc) is 2.30. The first-order valence-electron chi connectivity index (χ1n) is 4.32. The monoisotopic (exact) mass is 299 g/mol. The summed E-state index contributed by atoms with van der Waals surface area (Å²) in [6, 6.07) is 5.45. The molecule has 0 unspecified atom stereocenters. The van der Waals surface area contributed by atoms with E-state index in [4.69, 9.17) is 10.00 Å². The Morgan fingerprint density at radius 2 is 2.38 bits per heavy atom. The van der Waals surface area contributed by atoms with E-state index in [1.54, 1.807) is 7.11 Å². The molecule has 0 bridgehead atoms. The van der Waals surface area contributed by atoms with Gasteiger partial charge in [-0.3, -0.25) is 5.32 Å². The van der Waals surface area contributed by atoms with Gasteiger partial charge in [0.15, 0.2) is 11.4 Å². The fraction of sp³-hybridized carbons (Fsp3) is 0.200. The molecule has 0 fully saturated rings. The van der Waals surface area contributed by atoms with Gasteiger partial charge in [0, 0.05) is 4.47 Å². The molecule has 0 aliphatic carbocycles. The van der Waals surface area contributed by atoms with E-state index in [1.165, 1.54) is 11.8 Å². The second kappa shape index (κ2) is 6.40. The number of hydrogen-bond donors (Lipinski definition) is 1. The summed E-state index contributed by atoms with van der Waals surface area (Å²) in [5.41, 5.74) is 0.743. The van der Waals surface area contributed by atoms with Crippen LogP contribution in [0, 0.1) is 11.5 Å². The highest BCUT2D eigenvalue weighted by Gasteiger charge is 2.02. The number of aliphatic imine (C=N–C) groups is 1. The molecule has 84 valence electrons. The summed E-state index contributed by atoms with van der Waals surface area (Å²) >= 11 is 4.76. The lowest BCUT2D eigenvalue weighted by molar-refractivity contribution is 0.414. The van der Waals surface area contributed by atoms with Gasteiger partial charge in [-0.15, -0.1) is 0 Å². The molecule has 0 radical (unpaired) electrons. The van der Waals surface area contributed by atoms with E-state index in [9.17, 15) is 0 Å². The third-order valence-corrected chi connectivity index (χ3v) is 2.95. The first-order valence-corrected chi connectivity index (χ1v) is 6.34. The molecule has 1 aromatic rings. The summed E-state index contributed by atoms with van der Waals surface area (Å²) < 4.78 is 5.89. The number of nitriles is 1. The van der Waals surface area contributed by atoms with Gasteiger partial charge in [-0.2, -0.15) is 5.26 Å². The van der Waals surface area contributed by atoms with E-state index < -0.39 is 0 Å². The van der Waals surface area contributed by atoms with Gasteiger partial charge in [0.1, 0.15) is 5.75 Å². The summed E-state index contributed by atoms with van der Waals surface area (Å²) in [6.07, 6.45) is 3.69. The van der Waals surface area contributed by atoms with E-state index in [2.05, 4.69) is 26.2 Å². The van der Waals surface area contributed by atoms with Crippen molar-refractivity contribution < 1.29 is 4.74 Å². The predicted octanol–water partition coefficient (Wildman–Crippen LogP) is 2.88. The maximum atomic E-state index is 8.51. The topological polar surface area (TPSA) is 57.4 Å². The Balaban J connectivity index is 3.01. The second-order valence-electron chi connectivity index (χ2n) is 2.68. The summed E-state index contributed by atoms with van der Waals surface area (Å²) in [5, 5.41) is 11.6. The summed E-state index contributed by atoms with van der Waals surface area (Å²) in [6.45, 7) is 0. The Labute approximate surface area is 107 Å². The fourth-order valence-corrected chi connectivity index (χ4v) is 1.77. The molecule has 0 aromatic heterocycles. The summed E-state index contributed by atoms with van der Waals surface area (Å²) in [5.74, 6) is 0.754. The van der Waals surface area contributed by atoms with Crippen LogP contribution in [-0.4, -0.2) is 18.5 Å². The minimum Gasteiger partial charge on any atom is -0.497 e. The molecule has 0 amide bonds. The van der Waals surface area contributed by atoms with Crippen molar-refractivity contribution in [1.82, 2.24) is 5.32 Å². The van der Waals surface area contributed by atoms with Gasteiger partial charge in [0.2, 0.25) is 0 Å².